The van der Waals surface area contributed by atoms with Crippen LogP contribution >= 0.6 is 0 Å². The first kappa shape index (κ1) is 24.8. The van der Waals surface area contributed by atoms with Gasteiger partial charge in [0.05, 0.1) is 11.4 Å². The summed E-state index contributed by atoms with van der Waals surface area (Å²) in [5.74, 6) is -2.14. The van der Waals surface area contributed by atoms with Crippen molar-refractivity contribution in [2.45, 2.75) is 42.9 Å². The maximum Gasteiger partial charge on any atom is 0.243 e. The Balaban J connectivity index is 1.67. The zero-order chi connectivity index (χ0) is 24.2. The van der Waals surface area contributed by atoms with E-state index in [-0.39, 0.29) is 22.9 Å². The molecular formula is C23H27F2N3O4S. The van der Waals surface area contributed by atoms with E-state index < -0.39 is 39.5 Å². The van der Waals surface area contributed by atoms with Gasteiger partial charge in [0.1, 0.15) is 11.6 Å². The summed E-state index contributed by atoms with van der Waals surface area (Å²) >= 11 is 0. The van der Waals surface area contributed by atoms with E-state index in [0.29, 0.717) is 18.5 Å². The van der Waals surface area contributed by atoms with Crippen LogP contribution in [-0.2, 0) is 25.0 Å². The van der Waals surface area contributed by atoms with Crippen LogP contribution in [0, 0.1) is 11.6 Å². The van der Waals surface area contributed by atoms with E-state index in [4.69, 9.17) is 0 Å². The Morgan fingerprint density at radius 1 is 1.03 bits per heavy atom. The average molecular weight is 480 g/mol. The molecule has 2 amide bonds. The van der Waals surface area contributed by atoms with Gasteiger partial charge in [-0.05, 0) is 49.2 Å². The number of nitrogens with one attached hydrogen (secondary N) is 2. The Morgan fingerprint density at radius 2 is 1.61 bits per heavy atom. The molecule has 2 aromatic rings. The molecule has 3 rings (SSSR count). The molecule has 0 aliphatic heterocycles. The van der Waals surface area contributed by atoms with Gasteiger partial charge in [0.2, 0.25) is 21.8 Å². The molecule has 0 bridgehead atoms. The highest BCUT2D eigenvalue weighted by Crippen LogP contribution is 2.42. The number of hydrogen-bond acceptors (Lipinski definition) is 4. The maximum atomic E-state index is 14.5. The minimum Gasteiger partial charge on any atom is -0.354 e. The van der Waals surface area contributed by atoms with Crippen LogP contribution in [0.15, 0.2) is 47.4 Å². The monoisotopic (exact) mass is 479 g/mol. The molecule has 1 aliphatic carbocycles. The van der Waals surface area contributed by atoms with Gasteiger partial charge >= 0.3 is 0 Å². The molecule has 1 fully saturated rings. The van der Waals surface area contributed by atoms with E-state index in [9.17, 15) is 26.8 Å². The number of hydrogen-bond donors (Lipinski definition) is 2. The second kappa shape index (κ2) is 9.96. The number of rotatable bonds is 8. The molecule has 1 aliphatic rings. The van der Waals surface area contributed by atoms with E-state index in [0.717, 1.165) is 17.1 Å². The minimum atomic E-state index is -3.96. The highest BCUT2D eigenvalue weighted by atomic mass is 32.2. The van der Waals surface area contributed by atoms with Crippen molar-refractivity contribution >= 4 is 27.5 Å². The Kier molecular flexibility index (Phi) is 7.48. The fourth-order valence-corrected chi connectivity index (χ4v) is 5.40. The first-order chi connectivity index (χ1) is 15.5. The molecule has 0 atom stereocenters. The second-order valence-corrected chi connectivity index (χ2v) is 10.4. The number of carbonyl (C=O) groups is 2. The van der Waals surface area contributed by atoms with Crippen LogP contribution in [0.2, 0.25) is 0 Å². The third kappa shape index (κ3) is 5.56. The lowest BCUT2D eigenvalue weighted by molar-refractivity contribution is -0.121. The van der Waals surface area contributed by atoms with E-state index in [2.05, 4.69) is 10.6 Å². The summed E-state index contributed by atoms with van der Waals surface area (Å²) in [6.07, 6.45) is 2.62. The summed E-state index contributed by atoms with van der Waals surface area (Å²) in [5.41, 5.74) is -0.436. The van der Waals surface area contributed by atoms with Crippen LogP contribution in [-0.4, -0.2) is 44.7 Å². The number of nitrogens with zero attached hydrogens (tertiary/aromatic N) is 1. The van der Waals surface area contributed by atoms with Gasteiger partial charge in [0.15, 0.2) is 0 Å². The van der Waals surface area contributed by atoms with Crippen LogP contribution in [0.3, 0.4) is 0 Å². The smallest absolute Gasteiger partial charge is 0.243 e. The number of anilines is 1. The molecule has 7 nitrogen and oxygen atoms in total. The fourth-order valence-electron chi connectivity index (χ4n) is 4.28. The van der Waals surface area contributed by atoms with E-state index in [1.54, 1.807) is 0 Å². The first-order valence-corrected chi connectivity index (χ1v) is 12.0. The lowest BCUT2D eigenvalue weighted by atomic mass is 9.78. The van der Waals surface area contributed by atoms with Crippen molar-refractivity contribution < 1.29 is 26.8 Å². The normalized spacial score (nSPS) is 15.4. The van der Waals surface area contributed by atoms with Crippen molar-refractivity contribution in [1.82, 2.24) is 9.62 Å². The number of likely N-dealkylation sites (N-methyl/N-ethyl adjacent to an activating group) is 1. The molecule has 178 valence electrons. The van der Waals surface area contributed by atoms with Crippen LogP contribution in [0.4, 0.5) is 14.5 Å². The Bertz CT molecular complexity index is 1110. The van der Waals surface area contributed by atoms with Gasteiger partial charge in [0.25, 0.3) is 0 Å². The van der Waals surface area contributed by atoms with Crippen molar-refractivity contribution in [2.75, 3.05) is 25.5 Å². The zero-order valence-corrected chi connectivity index (χ0v) is 19.3. The first-order valence-electron chi connectivity index (χ1n) is 10.6. The third-order valence-corrected chi connectivity index (χ3v) is 7.74. The predicted octanol–water partition coefficient (Wildman–Crippen LogP) is 3.17. The maximum absolute atomic E-state index is 14.5. The Hall–Kier alpha value is -2.85. The lowest BCUT2D eigenvalue weighted by Crippen LogP contribution is -2.44. The molecular weight excluding hydrogens is 452 g/mol. The summed E-state index contributed by atoms with van der Waals surface area (Å²) in [5, 5.41) is 5.23. The highest BCUT2D eigenvalue weighted by molar-refractivity contribution is 7.89. The Labute approximate surface area is 192 Å². The largest absolute Gasteiger partial charge is 0.354 e. The predicted molar refractivity (Wildman–Crippen MR) is 120 cm³/mol. The molecule has 2 N–H and O–H groups in total. The van der Waals surface area contributed by atoms with Crippen LogP contribution in [0.25, 0.3) is 0 Å². The second-order valence-electron chi connectivity index (χ2n) is 8.33. The molecule has 0 aromatic heterocycles. The molecule has 0 unspecified atom stereocenters. The van der Waals surface area contributed by atoms with Gasteiger partial charge in [-0.3, -0.25) is 9.59 Å². The van der Waals surface area contributed by atoms with Gasteiger partial charge in [-0.2, -0.15) is 4.31 Å². The fraction of sp³-hybridized carbons (Fsp3) is 0.391. The zero-order valence-electron chi connectivity index (χ0n) is 18.5. The molecule has 1 saturated carbocycles. The summed E-state index contributed by atoms with van der Waals surface area (Å²) in [4.78, 5) is 23.6. The van der Waals surface area contributed by atoms with Crippen molar-refractivity contribution in [3.63, 3.8) is 0 Å². The number of halogens is 2. The standard InChI is InChI=1S/C23H27F2N3O4S/c1-16(29)27-17-8-10-18(11-9-17)33(31,32)28(2)14-21(30)26-15-23(12-3-4-13-23)22-19(24)6-5-7-20(22)25/h5-11H,3-4,12-15H2,1-2H3,(H,26,30)(H,27,29). The van der Waals surface area contributed by atoms with Crippen molar-refractivity contribution in [1.29, 1.82) is 0 Å². The molecule has 10 heteroatoms. The summed E-state index contributed by atoms with van der Waals surface area (Å²) < 4.78 is 55.4. The topological polar surface area (TPSA) is 95.6 Å². The summed E-state index contributed by atoms with van der Waals surface area (Å²) in [6.45, 7) is 0.905. The quantitative estimate of drug-likeness (QED) is 0.608. The number of sulfonamides is 1. The van der Waals surface area contributed by atoms with Gasteiger partial charge < -0.3 is 10.6 Å². The van der Waals surface area contributed by atoms with Crippen LogP contribution < -0.4 is 10.6 Å². The molecule has 0 saturated heterocycles. The van der Waals surface area contributed by atoms with Gasteiger partial charge in [0, 0.05) is 37.2 Å². The van der Waals surface area contributed by atoms with E-state index in [1.165, 1.54) is 56.4 Å². The number of benzene rings is 2. The van der Waals surface area contributed by atoms with E-state index >= 15 is 0 Å². The average Bonchev–Trinajstić information content (AvgIpc) is 3.22. The third-order valence-electron chi connectivity index (χ3n) is 5.93. The van der Waals surface area contributed by atoms with Crippen molar-refractivity contribution in [3.05, 3.63) is 59.7 Å². The number of amides is 2. The SMILES string of the molecule is CC(=O)Nc1ccc(S(=O)(=O)N(C)CC(=O)NCC2(c3c(F)cccc3F)CCCC2)cc1. The van der Waals surface area contributed by atoms with Crippen LogP contribution in [0.5, 0.6) is 0 Å². The lowest BCUT2D eigenvalue weighted by Gasteiger charge is -2.31. The van der Waals surface area contributed by atoms with Gasteiger partial charge in [-0.1, -0.05) is 18.9 Å². The molecule has 2 aromatic carbocycles. The molecule has 0 spiro atoms. The molecule has 0 radical (unpaired) electrons. The molecule has 0 heterocycles. The Morgan fingerprint density at radius 3 is 2.15 bits per heavy atom. The summed E-state index contributed by atoms with van der Waals surface area (Å²) in [6, 6.07) is 9.30. The van der Waals surface area contributed by atoms with Crippen molar-refractivity contribution in [2.24, 2.45) is 0 Å². The van der Waals surface area contributed by atoms with Crippen LogP contribution in [0.1, 0.15) is 38.2 Å². The number of carbonyl (C=O) groups excluding carboxylic acids is 2. The minimum absolute atomic E-state index is 0.0169. The molecule has 33 heavy (non-hydrogen) atoms. The van der Waals surface area contributed by atoms with Gasteiger partial charge in [-0.25, -0.2) is 17.2 Å². The highest BCUT2D eigenvalue weighted by Gasteiger charge is 2.40. The van der Waals surface area contributed by atoms with Gasteiger partial charge in [-0.15, -0.1) is 0 Å². The van der Waals surface area contributed by atoms with E-state index in [1.807, 2.05) is 0 Å². The summed E-state index contributed by atoms with van der Waals surface area (Å²) in [7, 11) is -2.68. The van der Waals surface area contributed by atoms with Crippen molar-refractivity contribution in [3.8, 4) is 0 Å².